The van der Waals surface area contributed by atoms with Crippen molar-refractivity contribution in [2.24, 2.45) is 0 Å². The highest BCUT2D eigenvalue weighted by atomic mass is 32.1. The normalized spacial score (nSPS) is 11.0. The topological polar surface area (TPSA) is 50.8 Å². The molecule has 4 nitrogen and oxygen atoms in total. The van der Waals surface area contributed by atoms with Crippen LogP contribution in [0.25, 0.3) is 22.6 Å². The summed E-state index contributed by atoms with van der Waals surface area (Å²) in [4.78, 5) is 12.2. The summed E-state index contributed by atoms with van der Waals surface area (Å²) in [5.74, 6) is 1.48. The van der Waals surface area contributed by atoms with E-state index in [1.165, 1.54) is 5.56 Å². The number of fused-ring (bicyclic) bond motifs is 1. The van der Waals surface area contributed by atoms with Gasteiger partial charge in [0.05, 0.1) is 12.1 Å². The summed E-state index contributed by atoms with van der Waals surface area (Å²) in [6, 6.07) is 3.81. The Bertz CT molecular complexity index is 686. The number of rotatable bonds is 3. The van der Waals surface area contributed by atoms with Crippen LogP contribution in [0.3, 0.4) is 0 Å². The van der Waals surface area contributed by atoms with Crippen molar-refractivity contribution in [3.05, 3.63) is 28.5 Å². The van der Waals surface area contributed by atoms with Crippen molar-refractivity contribution in [3.63, 3.8) is 0 Å². The van der Waals surface area contributed by atoms with E-state index in [4.69, 9.17) is 4.74 Å². The Morgan fingerprint density at radius 2 is 2.17 bits per heavy atom. The van der Waals surface area contributed by atoms with Gasteiger partial charge in [0.2, 0.25) is 5.88 Å². The molecule has 92 valence electrons. The molecule has 0 fully saturated rings. The van der Waals surface area contributed by atoms with Crippen LogP contribution in [-0.4, -0.2) is 21.6 Å². The van der Waals surface area contributed by atoms with Gasteiger partial charge in [-0.15, -0.1) is 0 Å². The fraction of sp³-hybridized carbons (Fsp3) is 0.231. The zero-order valence-corrected chi connectivity index (χ0v) is 11.0. The smallest absolute Gasteiger partial charge is 0.215 e. The lowest BCUT2D eigenvalue weighted by molar-refractivity contribution is 0.328. The monoisotopic (exact) mass is 259 g/mol. The molecule has 0 atom stereocenters. The van der Waals surface area contributed by atoms with Gasteiger partial charge in [-0.05, 0) is 30.9 Å². The first-order chi connectivity index (χ1) is 8.78. The molecule has 3 rings (SSSR count). The zero-order valence-electron chi connectivity index (χ0n) is 10.2. The molecule has 0 bridgehead atoms. The van der Waals surface area contributed by atoms with Crippen LogP contribution in [0.2, 0.25) is 0 Å². The van der Waals surface area contributed by atoms with E-state index in [0.717, 1.165) is 16.9 Å². The minimum atomic E-state index is 0.611. The molecule has 0 spiro atoms. The molecule has 0 saturated heterocycles. The van der Waals surface area contributed by atoms with Gasteiger partial charge in [0.1, 0.15) is 5.82 Å². The van der Waals surface area contributed by atoms with Crippen molar-refractivity contribution in [2.45, 2.75) is 13.8 Å². The average molecular weight is 259 g/mol. The highest BCUT2D eigenvalue weighted by molar-refractivity contribution is 7.08. The molecular formula is C13H13N3OS. The molecule has 0 aromatic carbocycles. The van der Waals surface area contributed by atoms with E-state index < -0.39 is 0 Å². The van der Waals surface area contributed by atoms with Crippen LogP contribution in [-0.2, 0) is 0 Å². The lowest BCUT2D eigenvalue weighted by Crippen LogP contribution is -1.93. The van der Waals surface area contributed by atoms with E-state index in [2.05, 4.69) is 32.6 Å². The van der Waals surface area contributed by atoms with Crippen LogP contribution in [0.1, 0.15) is 12.5 Å². The van der Waals surface area contributed by atoms with Gasteiger partial charge in [-0.2, -0.15) is 16.3 Å². The van der Waals surface area contributed by atoms with Gasteiger partial charge in [-0.1, -0.05) is 0 Å². The number of pyridine rings is 1. The summed E-state index contributed by atoms with van der Waals surface area (Å²) < 4.78 is 5.37. The lowest BCUT2D eigenvalue weighted by atomic mass is 10.2. The number of aryl methyl sites for hydroxylation is 1. The van der Waals surface area contributed by atoms with E-state index >= 15 is 0 Å². The highest BCUT2D eigenvalue weighted by Gasteiger charge is 2.10. The fourth-order valence-electron chi connectivity index (χ4n) is 1.83. The Labute approximate surface area is 109 Å². The minimum absolute atomic E-state index is 0.611. The molecule has 0 aliphatic heterocycles. The van der Waals surface area contributed by atoms with Crippen LogP contribution in [0, 0.1) is 6.92 Å². The summed E-state index contributed by atoms with van der Waals surface area (Å²) in [5.41, 5.74) is 3.99. The van der Waals surface area contributed by atoms with Gasteiger partial charge >= 0.3 is 0 Å². The fourth-order valence-corrected chi connectivity index (χ4v) is 2.67. The Morgan fingerprint density at radius 1 is 1.28 bits per heavy atom. The van der Waals surface area contributed by atoms with Crippen molar-refractivity contribution in [1.29, 1.82) is 0 Å². The van der Waals surface area contributed by atoms with E-state index in [0.29, 0.717) is 18.1 Å². The summed E-state index contributed by atoms with van der Waals surface area (Å²) in [5, 5.41) is 4.21. The van der Waals surface area contributed by atoms with Crippen molar-refractivity contribution >= 4 is 22.5 Å². The number of H-pyrrole nitrogens is 1. The van der Waals surface area contributed by atoms with Crippen LogP contribution in [0.15, 0.2) is 22.9 Å². The predicted molar refractivity (Wildman–Crippen MR) is 73.1 cm³/mol. The SMILES string of the molecule is CCOc1ccc2[nH]c(-c3cscc3C)nc2n1. The van der Waals surface area contributed by atoms with Crippen LogP contribution < -0.4 is 4.74 Å². The number of ether oxygens (including phenoxy) is 1. The second-order valence-corrected chi connectivity index (χ2v) is 4.75. The molecule has 1 N–H and O–H groups in total. The average Bonchev–Trinajstić information content (AvgIpc) is 2.94. The van der Waals surface area contributed by atoms with Gasteiger partial charge in [-0.3, -0.25) is 0 Å². The third-order valence-corrected chi connectivity index (χ3v) is 3.58. The largest absolute Gasteiger partial charge is 0.478 e. The first-order valence-electron chi connectivity index (χ1n) is 5.80. The Morgan fingerprint density at radius 3 is 2.89 bits per heavy atom. The number of thiophene rings is 1. The molecule has 18 heavy (non-hydrogen) atoms. The van der Waals surface area contributed by atoms with Crippen LogP contribution >= 0.6 is 11.3 Å². The molecule has 3 aromatic heterocycles. The maximum absolute atomic E-state index is 5.37. The number of hydrogen-bond donors (Lipinski definition) is 1. The van der Waals surface area contributed by atoms with Gasteiger partial charge in [-0.25, -0.2) is 4.98 Å². The van der Waals surface area contributed by atoms with Crippen LogP contribution in [0.4, 0.5) is 0 Å². The van der Waals surface area contributed by atoms with Crippen molar-refractivity contribution in [1.82, 2.24) is 15.0 Å². The van der Waals surface area contributed by atoms with E-state index in [1.807, 2.05) is 19.1 Å². The molecule has 0 aliphatic carbocycles. The Balaban J connectivity index is 2.08. The molecule has 0 unspecified atom stereocenters. The molecule has 3 aromatic rings. The van der Waals surface area contributed by atoms with E-state index in [9.17, 15) is 0 Å². The molecule has 0 saturated carbocycles. The molecule has 0 aliphatic rings. The van der Waals surface area contributed by atoms with Crippen LogP contribution in [0.5, 0.6) is 5.88 Å². The molecule has 0 amide bonds. The van der Waals surface area contributed by atoms with Gasteiger partial charge in [0.25, 0.3) is 0 Å². The first kappa shape index (κ1) is 11.2. The Kier molecular flexibility index (Phi) is 2.76. The molecule has 3 heterocycles. The zero-order chi connectivity index (χ0) is 12.5. The highest BCUT2D eigenvalue weighted by Crippen LogP contribution is 2.26. The molecular weight excluding hydrogens is 246 g/mol. The predicted octanol–water partition coefficient (Wildman–Crippen LogP) is 3.39. The third kappa shape index (κ3) is 1.86. The summed E-state index contributed by atoms with van der Waals surface area (Å²) in [6.45, 7) is 4.63. The number of nitrogens with one attached hydrogen (secondary N) is 1. The van der Waals surface area contributed by atoms with E-state index in [-0.39, 0.29) is 0 Å². The summed E-state index contributed by atoms with van der Waals surface area (Å²) in [7, 11) is 0. The van der Waals surface area contributed by atoms with Gasteiger partial charge in [0, 0.05) is 17.0 Å². The standard InChI is InChI=1S/C13H13N3OS/c1-3-17-11-5-4-10-13(15-11)16-12(14-10)9-7-18-6-8(9)2/h4-7H,3H2,1-2H3,(H,14,15,16). The van der Waals surface area contributed by atoms with Gasteiger partial charge < -0.3 is 9.72 Å². The first-order valence-corrected chi connectivity index (χ1v) is 6.75. The van der Waals surface area contributed by atoms with E-state index in [1.54, 1.807) is 11.3 Å². The summed E-state index contributed by atoms with van der Waals surface area (Å²) >= 11 is 1.68. The quantitative estimate of drug-likeness (QED) is 0.784. The number of aromatic nitrogens is 3. The third-order valence-electron chi connectivity index (χ3n) is 2.72. The van der Waals surface area contributed by atoms with Gasteiger partial charge in [0.15, 0.2) is 5.65 Å². The maximum atomic E-state index is 5.37. The van der Waals surface area contributed by atoms with Crippen molar-refractivity contribution < 1.29 is 4.74 Å². The minimum Gasteiger partial charge on any atom is -0.478 e. The number of hydrogen-bond acceptors (Lipinski definition) is 4. The Hall–Kier alpha value is -1.88. The second-order valence-electron chi connectivity index (χ2n) is 4.01. The lowest BCUT2D eigenvalue weighted by Gasteiger charge is -1.99. The molecule has 5 heteroatoms. The molecule has 0 radical (unpaired) electrons. The number of imidazole rings is 1. The second kappa shape index (κ2) is 4.42. The maximum Gasteiger partial charge on any atom is 0.215 e. The number of aromatic amines is 1. The number of nitrogens with zero attached hydrogens (tertiary/aromatic N) is 2. The van der Waals surface area contributed by atoms with Crippen molar-refractivity contribution in [2.75, 3.05) is 6.61 Å². The van der Waals surface area contributed by atoms with Crippen molar-refractivity contribution in [3.8, 4) is 17.3 Å². The summed E-state index contributed by atoms with van der Waals surface area (Å²) in [6.07, 6.45) is 0.